The van der Waals surface area contributed by atoms with Crippen LogP contribution in [0.2, 0.25) is 0 Å². The monoisotopic (exact) mass is 250 g/mol. The molecule has 0 unspecified atom stereocenters. The molecule has 0 amide bonds. The highest BCUT2D eigenvalue weighted by Gasteiger charge is 2.16. The molecule has 1 aromatic rings. The van der Waals surface area contributed by atoms with Gasteiger partial charge in [0.05, 0.1) is 7.11 Å². The Labute approximate surface area is 111 Å². The molecule has 3 heteroatoms. The normalized spacial score (nSPS) is 11.7. The van der Waals surface area contributed by atoms with E-state index in [9.17, 15) is 0 Å². The fourth-order valence-electron chi connectivity index (χ4n) is 1.61. The van der Waals surface area contributed by atoms with Crippen LogP contribution >= 0.6 is 0 Å². The van der Waals surface area contributed by atoms with Gasteiger partial charge >= 0.3 is 0 Å². The first-order valence-electron chi connectivity index (χ1n) is 6.41. The van der Waals surface area contributed by atoms with Crippen molar-refractivity contribution in [2.24, 2.45) is 0 Å². The summed E-state index contributed by atoms with van der Waals surface area (Å²) in [5, 5.41) is 0. The maximum atomic E-state index is 5.25. The van der Waals surface area contributed by atoms with Crippen molar-refractivity contribution in [3.05, 3.63) is 24.3 Å². The number of benzene rings is 1. The Balaban J connectivity index is 2.57. The van der Waals surface area contributed by atoms with Gasteiger partial charge in [-0.05, 0) is 40.0 Å². The maximum Gasteiger partial charge on any atom is 0.120 e. The zero-order chi connectivity index (χ0) is 13.8. The fraction of sp³-hybridized carbons (Fsp3) is 0.600. The highest BCUT2D eigenvalue weighted by Crippen LogP contribution is 2.20. The summed E-state index contributed by atoms with van der Waals surface area (Å²) in [6.45, 7) is 8.74. The van der Waals surface area contributed by atoms with Crippen LogP contribution in [0, 0.1) is 0 Å². The second-order valence-corrected chi connectivity index (χ2v) is 5.72. The van der Waals surface area contributed by atoms with Crippen molar-refractivity contribution in [1.82, 2.24) is 4.90 Å². The van der Waals surface area contributed by atoms with Gasteiger partial charge in [0.1, 0.15) is 5.75 Å². The topological polar surface area (TPSA) is 15.7 Å². The minimum absolute atomic E-state index is 0.217. The highest BCUT2D eigenvalue weighted by atomic mass is 16.5. The number of likely N-dealkylation sites (N-methyl/N-ethyl adjacent to an activating group) is 2. The second-order valence-electron chi connectivity index (χ2n) is 5.72. The van der Waals surface area contributed by atoms with E-state index < -0.39 is 0 Å². The maximum absolute atomic E-state index is 5.25. The lowest BCUT2D eigenvalue weighted by Gasteiger charge is -2.33. The molecule has 102 valence electrons. The lowest BCUT2D eigenvalue weighted by Crippen LogP contribution is -2.42. The van der Waals surface area contributed by atoms with Gasteiger partial charge in [-0.15, -0.1) is 0 Å². The summed E-state index contributed by atoms with van der Waals surface area (Å²) in [6.07, 6.45) is 0. The van der Waals surface area contributed by atoms with Crippen molar-refractivity contribution in [2.75, 3.05) is 39.2 Å². The first-order valence-corrected chi connectivity index (χ1v) is 6.41. The van der Waals surface area contributed by atoms with Crippen LogP contribution in [0.1, 0.15) is 20.8 Å². The SMILES string of the molecule is COc1cccc(N(C)CCN(C)C(C)(C)C)c1. The third-order valence-corrected chi connectivity index (χ3v) is 3.41. The van der Waals surface area contributed by atoms with Crippen molar-refractivity contribution >= 4 is 5.69 Å². The molecule has 0 aliphatic rings. The number of hydrogen-bond donors (Lipinski definition) is 0. The zero-order valence-corrected chi connectivity index (χ0v) is 12.5. The molecule has 0 aromatic heterocycles. The fourth-order valence-corrected chi connectivity index (χ4v) is 1.61. The summed E-state index contributed by atoms with van der Waals surface area (Å²) in [6, 6.07) is 8.17. The lowest BCUT2D eigenvalue weighted by atomic mass is 10.1. The average Bonchev–Trinajstić information content (AvgIpc) is 2.34. The Kier molecular flexibility index (Phi) is 5.03. The zero-order valence-electron chi connectivity index (χ0n) is 12.5. The van der Waals surface area contributed by atoms with Crippen LogP contribution in [0.3, 0.4) is 0 Å². The van der Waals surface area contributed by atoms with Gasteiger partial charge in [-0.3, -0.25) is 4.90 Å². The minimum Gasteiger partial charge on any atom is -0.497 e. The molecule has 1 rings (SSSR count). The molecule has 0 fully saturated rings. The van der Waals surface area contributed by atoms with E-state index in [0.717, 1.165) is 18.8 Å². The van der Waals surface area contributed by atoms with Crippen molar-refractivity contribution in [3.8, 4) is 5.75 Å². The van der Waals surface area contributed by atoms with E-state index in [-0.39, 0.29) is 5.54 Å². The molecular weight excluding hydrogens is 224 g/mol. The van der Waals surface area contributed by atoms with Crippen LogP contribution in [-0.4, -0.2) is 44.7 Å². The van der Waals surface area contributed by atoms with Crippen LogP contribution in [-0.2, 0) is 0 Å². The molecule has 18 heavy (non-hydrogen) atoms. The summed E-state index contributed by atoms with van der Waals surface area (Å²) >= 11 is 0. The molecule has 0 atom stereocenters. The van der Waals surface area contributed by atoms with Gasteiger partial charge < -0.3 is 9.64 Å². The average molecular weight is 250 g/mol. The Morgan fingerprint density at radius 3 is 2.33 bits per heavy atom. The standard InChI is InChI=1S/C15H26N2O/c1-15(2,3)17(5)11-10-16(4)13-8-7-9-14(12-13)18-6/h7-9,12H,10-11H2,1-6H3. The van der Waals surface area contributed by atoms with Gasteiger partial charge in [0.25, 0.3) is 0 Å². The number of rotatable bonds is 5. The van der Waals surface area contributed by atoms with Gasteiger partial charge in [-0.25, -0.2) is 0 Å². The largest absolute Gasteiger partial charge is 0.497 e. The molecule has 0 N–H and O–H groups in total. The molecule has 1 aromatic carbocycles. The second kappa shape index (κ2) is 6.10. The Hall–Kier alpha value is -1.22. The third kappa shape index (κ3) is 4.22. The predicted molar refractivity (Wildman–Crippen MR) is 78.6 cm³/mol. The van der Waals surface area contributed by atoms with E-state index in [1.165, 1.54) is 5.69 Å². The van der Waals surface area contributed by atoms with Gasteiger partial charge in [0.2, 0.25) is 0 Å². The van der Waals surface area contributed by atoms with E-state index in [2.05, 4.69) is 56.8 Å². The summed E-state index contributed by atoms with van der Waals surface area (Å²) in [5.41, 5.74) is 1.41. The molecular formula is C15H26N2O. The van der Waals surface area contributed by atoms with E-state index in [0.29, 0.717) is 0 Å². The van der Waals surface area contributed by atoms with Crippen LogP contribution in [0.4, 0.5) is 5.69 Å². The van der Waals surface area contributed by atoms with Crippen LogP contribution in [0.5, 0.6) is 5.75 Å². The molecule has 0 aliphatic heterocycles. The smallest absolute Gasteiger partial charge is 0.120 e. The highest BCUT2D eigenvalue weighted by molar-refractivity contribution is 5.50. The Bertz CT molecular complexity index is 371. The van der Waals surface area contributed by atoms with Crippen molar-refractivity contribution < 1.29 is 4.74 Å². The number of anilines is 1. The Morgan fingerprint density at radius 2 is 1.78 bits per heavy atom. The number of hydrogen-bond acceptors (Lipinski definition) is 3. The minimum atomic E-state index is 0.217. The molecule has 0 saturated heterocycles. The predicted octanol–water partition coefficient (Wildman–Crippen LogP) is 2.86. The van der Waals surface area contributed by atoms with Crippen LogP contribution < -0.4 is 9.64 Å². The number of nitrogens with zero attached hydrogens (tertiary/aromatic N) is 2. The van der Waals surface area contributed by atoms with Gasteiger partial charge in [0, 0.05) is 37.4 Å². The summed E-state index contributed by atoms with van der Waals surface area (Å²) in [7, 11) is 5.98. The Morgan fingerprint density at radius 1 is 1.11 bits per heavy atom. The molecule has 0 heterocycles. The summed E-state index contributed by atoms with van der Waals surface area (Å²) in [4.78, 5) is 4.62. The molecule has 0 radical (unpaired) electrons. The molecule has 3 nitrogen and oxygen atoms in total. The first kappa shape index (κ1) is 14.8. The van der Waals surface area contributed by atoms with E-state index >= 15 is 0 Å². The van der Waals surface area contributed by atoms with E-state index in [1.807, 2.05) is 12.1 Å². The van der Waals surface area contributed by atoms with Crippen molar-refractivity contribution in [1.29, 1.82) is 0 Å². The number of ether oxygens (including phenoxy) is 1. The van der Waals surface area contributed by atoms with Gasteiger partial charge in [-0.2, -0.15) is 0 Å². The van der Waals surface area contributed by atoms with Gasteiger partial charge in [0.15, 0.2) is 0 Å². The van der Waals surface area contributed by atoms with E-state index in [1.54, 1.807) is 7.11 Å². The molecule has 0 bridgehead atoms. The van der Waals surface area contributed by atoms with Gasteiger partial charge in [-0.1, -0.05) is 6.07 Å². The lowest BCUT2D eigenvalue weighted by molar-refractivity contribution is 0.180. The molecule has 0 spiro atoms. The quantitative estimate of drug-likeness (QED) is 0.799. The summed E-state index contributed by atoms with van der Waals surface area (Å²) < 4.78 is 5.25. The summed E-state index contributed by atoms with van der Waals surface area (Å²) in [5.74, 6) is 0.906. The van der Waals surface area contributed by atoms with E-state index in [4.69, 9.17) is 4.74 Å². The first-order chi connectivity index (χ1) is 8.34. The van der Waals surface area contributed by atoms with Crippen LogP contribution in [0.25, 0.3) is 0 Å². The molecule has 0 saturated carbocycles. The van der Waals surface area contributed by atoms with Crippen LogP contribution in [0.15, 0.2) is 24.3 Å². The van der Waals surface area contributed by atoms with Crippen molar-refractivity contribution in [3.63, 3.8) is 0 Å². The third-order valence-electron chi connectivity index (χ3n) is 3.41. The van der Waals surface area contributed by atoms with Crippen molar-refractivity contribution in [2.45, 2.75) is 26.3 Å². The number of methoxy groups -OCH3 is 1. The molecule has 0 aliphatic carbocycles.